The number of hydrogen-bond acceptors (Lipinski definition) is 5. The maximum Gasteiger partial charge on any atom is 0.268 e. The number of amides is 1. The number of carbonyl (C=O) groups excluding carboxylic acids is 1. The Morgan fingerprint density at radius 2 is 1.69 bits per heavy atom. The number of nitrogens with zero attached hydrogens (tertiary/aromatic N) is 3. The lowest BCUT2D eigenvalue weighted by Gasteiger charge is -2.35. The number of methoxy groups -OCH3 is 1. The van der Waals surface area contributed by atoms with Crippen LogP contribution in [0.4, 0.5) is 0 Å². The second-order valence-electron chi connectivity index (χ2n) is 9.63. The summed E-state index contributed by atoms with van der Waals surface area (Å²) >= 11 is 0. The highest BCUT2D eigenvalue weighted by Gasteiger charge is 2.30. The molecule has 5 rings (SSSR count). The number of carbonyl (C=O) groups is 1. The fraction of sp³-hybridized carbons (Fsp3) is 0.321. The van der Waals surface area contributed by atoms with E-state index in [2.05, 4.69) is 11.9 Å². The summed E-state index contributed by atoms with van der Waals surface area (Å²) in [5, 5.41) is 1.93. The fourth-order valence-electron chi connectivity index (χ4n) is 5.17. The van der Waals surface area contributed by atoms with Crippen molar-refractivity contribution in [2.24, 2.45) is 0 Å². The Labute approximate surface area is 211 Å². The smallest absolute Gasteiger partial charge is 0.268 e. The van der Waals surface area contributed by atoms with Crippen molar-refractivity contribution in [3.8, 4) is 5.75 Å². The van der Waals surface area contributed by atoms with Gasteiger partial charge in [0.15, 0.2) is 0 Å². The predicted octanol–water partition coefficient (Wildman–Crippen LogP) is 4.51. The van der Waals surface area contributed by atoms with E-state index in [0.717, 1.165) is 31.5 Å². The van der Waals surface area contributed by atoms with Gasteiger partial charge < -0.3 is 14.5 Å². The number of likely N-dealkylation sites (tertiary alicyclic amines) is 1. The zero-order valence-corrected chi connectivity index (χ0v) is 21.9. The third-order valence-electron chi connectivity index (χ3n) is 7.31. The Bertz CT molecular complexity index is 1570. The van der Waals surface area contributed by atoms with Crippen molar-refractivity contribution in [1.82, 2.24) is 13.8 Å². The molecule has 0 aliphatic carbocycles. The van der Waals surface area contributed by atoms with Gasteiger partial charge in [0.25, 0.3) is 15.9 Å². The lowest BCUT2D eigenvalue weighted by Crippen LogP contribution is -2.44. The number of hydrogen-bond donors (Lipinski definition) is 0. The predicted molar refractivity (Wildman–Crippen MR) is 142 cm³/mol. The van der Waals surface area contributed by atoms with Gasteiger partial charge in [-0.25, -0.2) is 12.4 Å². The first-order valence-electron chi connectivity index (χ1n) is 12.1. The molecule has 36 heavy (non-hydrogen) atoms. The molecule has 1 fully saturated rings. The van der Waals surface area contributed by atoms with Gasteiger partial charge in [-0.2, -0.15) is 0 Å². The number of rotatable bonds is 5. The van der Waals surface area contributed by atoms with E-state index in [-0.39, 0.29) is 16.8 Å². The minimum absolute atomic E-state index is 0.124. The number of aryl methyl sites for hydroxylation is 1. The lowest BCUT2D eigenvalue weighted by molar-refractivity contribution is 0.0661. The summed E-state index contributed by atoms with van der Waals surface area (Å²) in [6, 6.07) is 16.2. The molecular formula is C28H31N3O4S. The number of benzene rings is 3. The molecule has 1 saturated heterocycles. The van der Waals surface area contributed by atoms with Crippen molar-refractivity contribution in [2.45, 2.75) is 30.7 Å². The normalized spacial score (nSPS) is 15.4. The van der Waals surface area contributed by atoms with E-state index in [1.807, 2.05) is 44.3 Å². The molecule has 0 radical (unpaired) electrons. The van der Waals surface area contributed by atoms with Crippen molar-refractivity contribution >= 4 is 37.6 Å². The van der Waals surface area contributed by atoms with E-state index < -0.39 is 10.0 Å². The summed E-state index contributed by atoms with van der Waals surface area (Å²) in [7, 11) is 1.46. The van der Waals surface area contributed by atoms with Crippen molar-refractivity contribution in [3.63, 3.8) is 0 Å². The minimum atomic E-state index is -4.02. The number of aromatic nitrogens is 1. The van der Waals surface area contributed by atoms with Gasteiger partial charge in [0.2, 0.25) is 0 Å². The average molecular weight is 506 g/mol. The monoisotopic (exact) mass is 505 g/mol. The minimum Gasteiger partial charge on any atom is -0.496 e. The van der Waals surface area contributed by atoms with E-state index in [1.165, 1.54) is 10.2 Å². The molecule has 3 aromatic carbocycles. The Kier molecular flexibility index (Phi) is 6.26. The van der Waals surface area contributed by atoms with Crippen LogP contribution in [-0.4, -0.2) is 68.4 Å². The van der Waals surface area contributed by atoms with Crippen LogP contribution in [0.15, 0.2) is 65.7 Å². The van der Waals surface area contributed by atoms with Crippen LogP contribution in [0.3, 0.4) is 0 Å². The van der Waals surface area contributed by atoms with E-state index >= 15 is 0 Å². The molecule has 0 bridgehead atoms. The van der Waals surface area contributed by atoms with Gasteiger partial charge in [-0.1, -0.05) is 35.9 Å². The molecule has 0 atom stereocenters. The highest BCUT2D eigenvalue weighted by Crippen LogP contribution is 2.34. The molecule has 1 aromatic heterocycles. The topological polar surface area (TPSA) is 71.8 Å². The van der Waals surface area contributed by atoms with Crippen LogP contribution in [0.2, 0.25) is 0 Å². The second-order valence-corrected chi connectivity index (χ2v) is 11.4. The van der Waals surface area contributed by atoms with E-state index in [0.29, 0.717) is 33.0 Å². The lowest BCUT2D eigenvalue weighted by atomic mass is 10.0. The third-order valence-corrected chi connectivity index (χ3v) is 9.05. The maximum absolute atomic E-state index is 14.1. The van der Waals surface area contributed by atoms with Gasteiger partial charge in [-0.05, 0) is 64.2 Å². The molecule has 0 unspecified atom stereocenters. The first-order chi connectivity index (χ1) is 17.2. The van der Waals surface area contributed by atoms with Crippen molar-refractivity contribution < 1.29 is 17.9 Å². The van der Waals surface area contributed by atoms with Crippen LogP contribution in [-0.2, 0) is 10.0 Å². The molecule has 8 heteroatoms. The molecule has 0 N–H and O–H groups in total. The number of ether oxygens (including phenoxy) is 1. The number of fused-ring (bicyclic) bond motifs is 2. The van der Waals surface area contributed by atoms with Crippen LogP contribution in [0, 0.1) is 6.92 Å². The quantitative estimate of drug-likeness (QED) is 0.399. The van der Waals surface area contributed by atoms with E-state index in [9.17, 15) is 13.2 Å². The van der Waals surface area contributed by atoms with Gasteiger partial charge in [0.1, 0.15) is 5.75 Å². The van der Waals surface area contributed by atoms with Crippen LogP contribution in [0.1, 0.15) is 28.8 Å². The Morgan fingerprint density at radius 3 is 2.39 bits per heavy atom. The summed E-state index contributed by atoms with van der Waals surface area (Å²) < 4.78 is 34.9. The first-order valence-corrected chi connectivity index (χ1v) is 13.5. The molecule has 0 saturated carbocycles. The van der Waals surface area contributed by atoms with Gasteiger partial charge in [0, 0.05) is 35.4 Å². The third kappa shape index (κ3) is 4.04. The fourth-order valence-corrected chi connectivity index (χ4v) is 6.74. The summed E-state index contributed by atoms with van der Waals surface area (Å²) in [4.78, 5) is 17.9. The van der Waals surface area contributed by atoms with Crippen molar-refractivity contribution in [1.29, 1.82) is 0 Å². The number of piperidine rings is 1. The van der Waals surface area contributed by atoms with Gasteiger partial charge in [-0.3, -0.25) is 4.79 Å². The van der Waals surface area contributed by atoms with Gasteiger partial charge in [0.05, 0.1) is 23.1 Å². The molecule has 188 valence electrons. The standard InChI is InChI=1S/C28H31N3O4S/c1-19-9-10-25-23(17-19)24(28(32)30(3)20-13-15-29(2)16-14-20)18-31(25)36(33,34)27-12-11-26(35-4)21-7-5-6-8-22(21)27/h5-12,17-18,20H,13-16H2,1-4H3. The Hall–Kier alpha value is -3.36. The molecular weight excluding hydrogens is 474 g/mol. The van der Waals surface area contributed by atoms with Crippen molar-refractivity contribution in [2.75, 3.05) is 34.3 Å². The summed E-state index contributed by atoms with van der Waals surface area (Å²) in [6.45, 7) is 3.81. The van der Waals surface area contributed by atoms with E-state index in [1.54, 1.807) is 36.3 Å². The molecule has 1 amide bonds. The van der Waals surface area contributed by atoms with Crippen LogP contribution in [0.5, 0.6) is 5.75 Å². The largest absolute Gasteiger partial charge is 0.496 e. The van der Waals surface area contributed by atoms with E-state index in [4.69, 9.17) is 4.74 Å². The summed E-state index contributed by atoms with van der Waals surface area (Å²) in [5.74, 6) is 0.446. The highest BCUT2D eigenvalue weighted by atomic mass is 32.2. The summed E-state index contributed by atoms with van der Waals surface area (Å²) in [5.41, 5.74) is 1.85. The van der Waals surface area contributed by atoms with Gasteiger partial charge in [-0.15, -0.1) is 0 Å². The molecule has 4 aromatic rings. The zero-order chi connectivity index (χ0) is 25.6. The highest BCUT2D eigenvalue weighted by molar-refractivity contribution is 7.90. The maximum atomic E-state index is 14.1. The molecule has 2 heterocycles. The summed E-state index contributed by atoms with van der Waals surface area (Å²) in [6.07, 6.45) is 3.28. The van der Waals surface area contributed by atoms with Crippen LogP contribution >= 0.6 is 0 Å². The second kappa shape index (κ2) is 9.26. The molecule has 1 aliphatic heterocycles. The van der Waals surface area contributed by atoms with Crippen LogP contribution < -0.4 is 4.74 Å². The van der Waals surface area contributed by atoms with Crippen molar-refractivity contribution in [3.05, 3.63) is 71.9 Å². The first kappa shape index (κ1) is 24.3. The molecule has 7 nitrogen and oxygen atoms in total. The zero-order valence-electron chi connectivity index (χ0n) is 21.1. The average Bonchev–Trinajstić information content (AvgIpc) is 3.27. The van der Waals surface area contributed by atoms with Gasteiger partial charge >= 0.3 is 0 Å². The van der Waals surface area contributed by atoms with Crippen LogP contribution in [0.25, 0.3) is 21.7 Å². The SMILES string of the molecule is COc1ccc(S(=O)(=O)n2cc(C(=O)N(C)C3CCN(C)CC3)c3cc(C)ccc32)c2ccccc12. The Morgan fingerprint density at radius 1 is 1.00 bits per heavy atom. The molecule has 0 spiro atoms. The Balaban J connectivity index is 1.65. The molecule has 1 aliphatic rings.